The molecule has 0 unspecified atom stereocenters. The summed E-state index contributed by atoms with van der Waals surface area (Å²) in [5, 5.41) is 4.24. The zero-order chi connectivity index (χ0) is 19.9. The van der Waals surface area contributed by atoms with Gasteiger partial charge in [-0.1, -0.05) is 0 Å². The van der Waals surface area contributed by atoms with E-state index in [1.165, 1.54) is 9.21 Å². The van der Waals surface area contributed by atoms with Gasteiger partial charge in [-0.25, -0.2) is 8.42 Å². The van der Waals surface area contributed by atoms with Crippen LogP contribution in [0, 0.1) is 0 Å². The summed E-state index contributed by atoms with van der Waals surface area (Å²) in [6, 6.07) is 6.26. The lowest BCUT2D eigenvalue weighted by atomic mass is 10.1. The Labute approximate surface area is 160 Å². The van der Waals surface area contributed by atoms with Crippen molar-refractivity contribution in [1.82, 2.24) is 14.1 Å². The molecule has 0 aliphatic heterocycles. The number of carbonyl (C=O) groups is 1. The first-order chi connectivity index (χ1) is 12.6. The van der Waals surface area contributed by atoms with Gasteiger partial charge in [-0.05, 0) is 56.9 Å². The minimum Gasteiger partial charge on any atom is -0.310 e. The van der Waals surface area contributed by atoms with Crippen molar-refractivity contribution in [3.05, 3.63) is 41.7 Å². The average molecular weight is 391 g/mol. The molecule has 1 amide bonds. The summed E-state index contributed by atoms with van der Waals surface area (Å²) in [7, 11) is 1.47. The number of nitrogens with zero attached hydrogens (tertiary/aromatic N) is 4. The fourth-order valence-electron chi connectivity index (χ4n) is 2.97. The van der Waals surface area contributed by atoms with Crippen molar-refractivity contribution >= 4 is 21.6 Å². The van der Waals surface area contributed by atoms with Gasteiger partial charge in [0.1, 0.15) is 5.69 Å². The maximum Gasteiger partial charge on any atom is 0.276 e. The van der Waals surface area contributed by atoms with Gasteiger partial charge < -0.3 is 4.90 Å². The van der Waals surface area contributed by atoms with Crippen LogP contribution in [0.15, 0.2) is 35.4 Å². The highest BCUT2D eigenvalue weighted by molar-refractivity contribution is 7.89. The van der Waals surface area contributed by atoms with Gasteiger partial charge in [-0.3, -0.25) is 9.48 Å². The molecule has 0 saturated heterocycles. The predicted molar refractivity (Wildman–Crippen MR) is 104 cm³/mol. The highest BCUT2D eigenvalue weighted by atomic mass is 32.2. The Hall–Kier alpha value is -2.19. The summed E-state index contributed by atoms with van der Waals surface area (Å²) < 4.78 is 28.1. The molecule has 3 rings (SSSR count). The van der Waals surface area contributed by atoms with Crippen LogP contribution in [0.2, 0.25) is 0 Å². The van der Waals surface area contributed by atoms with E-state index in [9.17, 15) is 13.2 Å². The Kier molecular flexibility index (Phi) is 5.14. The van der Waals surface area contributed by atoms with Gasteiger partial charge in [0, 0.05) is 38.4 Å². The van der Waals surface area contributed by atoms with Crippen LogP contribution >= 0.6 is 0 Å². The predicted octanol–water partition coefficient (Wildman–Crippen LogP) is 2.60. The molecule has 1 heterocycles. The van der Waals surface area contributed by atoms with E-state index in [1.807, 2.05) is 13.8 Å². The molecule has 7 nitrogen and oxygen atoms in total. The smallest absolute Gasteiger partial charge is 0.276 e. The van der Waals surface area contributed by atoms with E-state index in [0.717, 1.165) is 18.4 Å². The summed E-state index contributed by atoms with van der Waals surface area (Å²) >= 11 is 0. The second-order valence-electron chi connectivity index (χ2n) is 7.32. The van der Waals surface area contributed by atoms with Crippen molar-refractivity contribution in [3.8, 4) is 0 Å². The van der Waals surface area contributed by atoms with E-state index in [0.29, 0.717) is 17.3 Å². The number of aryl methyl sites for hydroxylation is 1. The van der Waals surface area contributed by atoms with Crippen LogP contribution in [0.25, 0.3) is 0 Å². The van der Waals surface area contributed by atoms with Crippen molar-refractivity contribution in [2.45, 2.75) is 43.5 Å². The largest absolute Gasteiger partial charge is 0.310 e. The Bertz CT molecular complexity index is 944. The lowest BCUT2D eigenvalue weighted by Gasteiger charge is -2.22. The molecule has 0 N–H and O–H groups in total. The number of rotatable bonds is 6. The monoisotopic (exact) mass is 390 g/mol. The van der Waals surface area contributed by atoms with E-state index in [1.54, 1.807) is 56.3 Å². The third kappa shape index (κ3) is 3.64. The molecule has 0 radical (unpaired) electrons. The topological polar surface area (TPSA) is 75.5 Å². The molecule has 0 bridgehead atoms. The number of benzene rings is 1. The molecule has 2 aromatic rings. The molecule has 1 fully saturated rings. The quantitative estimate of drug-likeness (QED) is 0.760. The summed E-state index contributed by atoms with van der Waals surface area (Å²) in [5.41, 5.74) is 2.22. The van der Waals surface area contributed by atoms with Gasteiger partial charge in [0.25, 0.3) is 5.91 Å². The Morgan fingerprint density at radius 1 is 1.19 bits per heavy atom. The normalized spacial score (nSPS) is 14.8. The van der Waals surface area contributed by atoms with E-state index in [-0.39, 0.29) is 16.8 Å². The lowest BCUT2D eigenvalue weighted by molar-refractivity contribution is 0.0983. The lowest BCUT2D eigenvalue weighted by Crippen LogP contribution is -2.33. The molecule has 0 spiro atoms. The van der Waals surface area contributed by atoms with Crippen LogP contribution in [-0.4, -0.2) is 48.5 Å². The number of sulfonamides is 1. The Morgan fingerprint density at radius 3 is 2.30 bits per heavy atom. The summed E-state index contributed by atoms with van der Waals surface area (Å²) in [6.45, 7) is 3.65. The van der Waals surface area contributed by atoms with Crippen LogP contribution in [-0.2, 0) is 17.1 Å². The minimum atomic E-state index is -3.54. The van der Waals surface area contributed by atoms with Gasteiger partial charge in [0.15, 0.2) is 0 Å². The Morgan fingerprint density at radius 2 is 1.78 bits per heavy atom. The van der Waals surface area contributed by atoms with Crippen molar-refractivity contribution < 1.29 is 13.2 Å². The van der Waals surface area contributed by atoms with Gasteiger partial charge in [0.2, 0.25) is 10.0 Å². The highest BCUT2D eigenvalue weighted by Gasteiger charge is 2.32. The molecule has 0 atom stereocenters. The fraction of sp³-hybridized carbons (Fsp3) is 0.474. The molecule has 1 aliphatic rings. The number of hydrogen-bond donors (Lipinski definition) is 0. The van der Waals surface area contributed by atoms with Crippen molar-refractivity contribution in [1.29, 1.82) is 0 Å². The first kappa shape index (κ1) is 19.6. The van der Waals surface area contributed by atoms with Gasteiger partial charge in [-0.2, -0.15) is 9.40 Å². The van der Waals surface area contributed by atoms with E-state index in [4.69, 9.17) is 0 Å². The number of carbonyl (C=O) groups excluding carboxylic acids is 1. The zero-order valence-electron chi connectivity index (χ0n) is 16.4. The van der Waals surface area contributed by atoms with E-state index >= 15 is 0 Å². The second kappa shape index (κ2) is 7.09. The maximum absolute atomic E-state index is 13.0. The third-order valence-electron chi connectivity index (χ3n) is 5.12. The number of aromatic nitrogens is 2. The molecule has 8 heteroatoms. The van der Waals surface area contributed by atoms with Crippen LogP contribution in [0.5, 0.6) is 0 Å². The average Bonchev–Trinajstić information content (AvgIpc) is 3.42. The zero-order valence-corrected chi connectivity index (χ0v) is 17.2. The molecular weight excluding hydrogens is 364 g/mol. The standard InChI is InChI=1S/C19H26N4O3S/c1-13(2)23(5)27(25,26)16-10-8-15(9-11-16)21(3)19(24)18-17(14-6-7-14)12-20-22(18)4/h8-14H,6-7H2,1-5H3. The molecule has 1 aromatic heterocycles. The molecular formula is C19H26N4O3S. The van der Waals surface area contributed by atoms with Gasteiger partial charge in [0.05, 0.1) is 11.1 Å². The summed E-state index contributed by atoms with van der Waals surface area (Å²) in [5.74, 6) is 0.275. The van der Waals surface area contributed by atoms with Crippen LogP contribution in [0.4, 0.5) is 5.69 Å². The SMILES string of the molecule is CC(C)N(C)S(=O)(=O)c1ccc(N(C)C(=O)c2c(C3CC3)cnn2C)cc1. The third-order valence-corrected chi connectivity index (χ3v) is 7.17. The van der Waals surface area contributed by atoms with E-state index < -0.39 is 10.0 Å². The van der Waals surface area contributed by atoms with Gasteiger partial charge >= 0.3 is 0 Å². The molecule has 1 aromatic carbocycles. The van der Waals surface area contributed by atoms with Crippen LogP contribution in [0.3, 0.4) is 0 Å². The second-order valence-corrected chi connectivity index (χ2v) is 9.32. The summed E-state index contributed by atoms with van der Waals surface area (Å²) in [6.07, 6.45) is 3.95. The first-order valence-corrected chi connectivity index (χ1v) is 10.5. The number of hydrogen-bond acceptors (Lipinski definition) is 4. The van der Waals surface area contributed by atoms with Crippen molar-refractivity contribution in [2.75, 3.05) is 19.0 Å². The first-order valence-electron chi connectivity index (χ1n) is 9.02. The van der Waals surface area contributed by atoms with Crippen LogP contribution in [0.1, 0.15) is 48.7 Å². The molecule has 146 valence electrons. The number of anilines is 1. The minimum absolute atomic E-state index is 0.135. The van der Waals surface area contributed by atoms with Gasteiger partial charge in [-0.15, -0.1) is 0 Å². The highest BCUT2D eigenvalue weighted by Crippen LogP contribution is 2.41. The van der Waals surface area contributed by atoms with E-state index in [2.05, 4.69) is 5.10 Å². The Balaban J connectivity index is 1.85. The number of amides is 1. The molecule has 1 aliphatic carbocycles. The maximum atomic E-state index is 13.0. The molecule has 27 heavy (non-hydrogen) atoms. The summed E-state index contributed by atoms with van der Waals surface area (Å²) in [4.78, 5) is 14.7. The van der Waals surface area contributed by atoms with Crippen molar-refractivity contribution in [3.63, 3.8) is 0 Å². The van der Waals surface area contributed by atoms with Crippen LogP contribution < -0.4 is 4.90 Å². The molecule has 1 saturated carbocycles. The van der Waals surface area contributed by atoms with Crippen molar-refractivity contribution in [2.24, 2.45) is 7.05 Å². The fourth-order valence-corrected chi connectivity index (χ4v) is 4.34.